The molecule has 0 amide bonds. The Morgan fingerprint density at radius 1 is 0.551 bits per heavy atom. The molecule has 12 heteroatoms. The summed E-state index contributed by atoms with van der Waals surface area (Å²) in [5.74, 6) is 0. The maximum Gasteiger partial charge on any atom is 0.357 e. The molecule has 49 heavy (non-hydrogen) atoms. The highest BCUT2D eigenvalue weighted by atomic mass is 127. The van der Waals surface area contributed by atoms with Crippen LogP contribution in [0.25, 0.3) is 0 Å². The van der Waals surface area contributed by atoms with Gasteiger partial charge in [-0.2, -0.15) is 9.35 Å². The largest absolute Gasteiger partial charge is 0.707 e. The first kappa shape index (κ1) is 56.6. The first-order valence-electron chi connectivity index (χ1n) is 15.4. The van der Waals surface area contributed by atoms with Gasteiger partial charge in [-0.05, 0) is 53.6 Å². The molecule has 0 aromatic heterocycles. The van der Waals surface area contributed by atoms with Gasteiger partial charge in [-0.1, -0.05) is 140 Å². The van der Waals surface area contributed by atoms with Gasteiger partial charge in [0.2, 0.25) is 0 Å². The van der Waals surface area contributed by atoms with Crippen LogP contribution in [0.2, 0.25) is 0 Å². The molecule has 0 saturated heterocycles. The van der Waals surface area contributed by atoms with Crippen LogP contribution in [-0.2, 0) is 33.2 Å². The Bertz CT molecular complexity index is 1230. The van der Waals surface area contributed by atoms with Crippen molar-refractivity contribution in [3.05, 3.63) is 136 Å². The lowest BCUT2D eigenvalue weighted by Gasteiger charge is -2.30. The van der Waals surface area contributed by atoms with E-state index in [0.717, 1.165) is 0 Å². The molecule has 0 heterocycles. The van der Waals surface area contributed by atoms with Gasteiger partial charge in [0.1, 0.15) is 0 Å². The normalized spacial score (nSPS) is 9.96. The second-order valence-corrected chi connectivity index (χ2v) is 20.9. The molecule has 282 valence electrons. The Balaban J connectivity index is -0.000000169. The van der Waals surface area contributed by atoms with Crippen molar-refractivity contribution in [1.82, 2.24) is 0 Å². The van der Waals surface area contributed by atoms with Crippen molar-refractivity contribution in [2.45, 2.75) is 62.8 Å². The van der Waals surface area contributed by atoms with Crippen LogP contribution in [0, 0.1) is 14.3 Å². The SMILES string of the molecule is C.CC.CC.CC.CC.CS(=O)(=O)O[O-].CS(C)(C)(=O)OOO.c1ccc([I+]c2ccccc2)cc1.c1ccc([I+]c2ccccc2)cc1. The van der Waals surface area contributed by atoms with Crippen LogP contribution in [0.3, 0.4) is 0 Å². The summed E-state index contributed by atoms with van der Waals surface area (Å²) < 4.78 is 42.4. The van der Waals surface area contributed by atoms with Crippen LogP contribution in [0.5, 0.6) is 0 Å². The molecular weight excluding hydrogens is 890 g/mol. The van der Waals surface area contributed by atoms with Crippen molar-refractivity contribution >= 4 is 19.5 Å². The van der Waals surface area contributed by atoms with Crippen molar-refractivity contribution in [1.29, 1.82) is 0 Å². The Morgan fingerprint density at radius 3 is 0.837 bits per heavy atom. The van der Waals surface area contributed by atoms with Crippen molar-refractivity contribution in [3.8, 4) is 0 Å². The number of benzene rings is 4. The fraction of sp³-hybridized carbons (Fsp3) is 0.351. The first-order valence-corrected chi connectivity index (χ1v) is 24.6. The van der Waals surface area contributed by atoms with Crippen LogP contribution < -0.4 is 47.7 Å². The lowest BCUT2D eigenvalue weighted by atomic mass is 10.4. The zero-order valence-corrected chi connectivity index (χ0v) is 36.4. The van der Waals surface area contributed by atoms with E-state index in [4.69, 9.17) is 10.5 Å². The fourth-order valence-corrected chi connectivity index (χ4v) is 7.01. The standard InChI is InChI=1S/2C12H10I.C3H10O4S.4C2H6.CH4O4S.CH4/c2*1-3-7-11(8-4-1)13-12-9-5-2-6-10-12;1-8(2,3,5)7-6-4;4*1-2;1-6(3,4)5-2;/h2*1-10H;4H,1-3H3;4*1-2H3;2H,1H3;1H4/q2*+1;;;;;;;/p-1. The first-order chi connectivity index (χ1) is 22.8. The van der Waals surface area contributed by atoms with E-state index in [1.165, 1.54) is 33.0 Å². The molecule has 4 aromatic rings. The summed E-state index contributed by atoms with van der Waals surface area (Å²) in [7, 11) is -6.83. The molecule has 0 saturated carbocycles. The topological polar surface area (TPSA) is 122 Å². The molecule has 0 spiro atoms. The molecule has 4 aromatic carbocycles. The Hall–Kier alpha value is -1.76. The average Bonchev–Trinajstić information content (AvgIpc) is 3.10. The molecule has 0 radical (unpaired) electrons. The van der Waals surface area contributed by atoms with Gasteiger partial charge >= 0.3 is 42.4 Å². The molecule has 0 fully saturated rings. The summed E-state index contributed by atoms with van der Waals surface area (Å²) in [6, 6.07) is 42.8. The second-order valence-electron chi connectivity index (χ2n) is 8.58. The minimum absolute atomic E-state index is 0. The predicted octanol–water partition coefficient (Wildman–Crippen LogP) is 2.64. The van der Waals surface area contributed by atoms with E-state index in [2.05, 4.69) is 135 Å². The summed E-state index contributed by atoms with van der Waals surface area (Å²) in [4.78, 5) is 0. The van der Waals surface area contributed by atoms with Gasteiger partial charge in [0, 0.05) is 18.8 Å². The van der Waals surface area contributed by atoms with E-state index >= 15 is 0 Å². The third-order valence-electron chi connectivity index (χ3n) is 3.75. The zero-order chi connectivity index (χ0) is 37.9. The Kier molecular flexibility index (Phi) is 41.6. The summed E-state index contributed by atoms with van der Waals surface area (Å²) in [6.45, 7) is 16.0. The molecule has 1 N–H and O–H groups in total. The number of halogens is 2. The van der Waals surface area contributed by atoms with Crippen LogP contribution in [0.4, 0.5) is 0 Å². The monoisotopic (exact) mass is 951 g/mol. The lowest BCUT2D eigenvalue weighted by molar-refractivity contribution is -0.634. The highest BCUT2D eigenvalue weighted by molar-refractivity contribution is 8.14. The predicted molar refractivity (Wildman–Crippen MR) is 199 cm³/mol. The summed E-state index contributed by atoms with van der Waals surface area (Å²) in [6.07, 6.45) is 4.70. The smallest absolute Gasteiger partial charge is 0.357 e. The van der Waals surface area contributed by atoms with E-state index in [9.17, 15) is 12.6 Å². The van der Waals surface area contributed by atoms with Crippen molar-refractivity contribution < 1.29 is 79.3 Å². The molecule has 0 atom stereocenters. The van der Waals surface area contributed by atoms with Gasteiger partial charge in [0.25, 0.3) is 10.1 Å². The van der Waals surface area contributed by atoms with Crippen molar-refractivity contribution in [3.63, 3.8) is 0 Å². The van der Waals surface area contributed by atoms with E-state index in [-0.39, 0.29) is 49.8 Å². The Morgan fingerprint density at radius 2 is 0.735 bits per heavy atom. The van der Waals surface area contributed by atoms with Crippen LogP contribution in [0.15, 0.2) is 121 Å². The van der Waals surface area contributed by atoms with E-state index in [0.29, 0.717) is 6.26 Å². The van der Waals surface area contributed by atoms with E-state index in [1.54, 1.807) is 0 Å². The molecule has 0 bridgehead atoms. The third-order valence-corrected chi connectivity index (χ3v) is 9.89. The van der Waals surface area contributed by atoms with Gasteiger partial charge in [-0.15, -0.1) is 0 Å². The average molecular weight is 952 g/mol. The quantitative estimate of drug-likeness (QED) is 0.171. The minimum atomic E-state index is -3.72. The van der Waals surface area contributed by atoms with Gasteiger partial charge in [0.05, 0.1) is 6.26 Å². The van der Waals surface area contributed by atoms with Crippen molar-refractivity contribution in [2.75, 3.05) is 25.0 Å². The van der Waals surface area contributed by atoms with E-state index < -0.39 is 19.5 Å². The fourth-order valence-electron chi connectivity index (χ4n) is 2.27. The number of hydrogen-bond donors (Lipinski definition) is 1. The van der Waals surface area contributed by atoms with Crippen molar-refractivity contribution in [2.24, 2.45) is 0 Å². The van der Waals surface area contributed by atoms with Crippen LogP contribution in [-0.4, -0.2) is 42.9 Å². The zero-order valence-electron chi connectivity index (χ0n) is 30.4. The maximum atomic E-state index is 10.9. The molecule has 4 rings (SSSR count). The highest BCUT2D eigenvalue weighted by Gasteiger charge is 2.14. The molecule has 0 unspecified atom stereocenters. The summed E-state index contributed by atoms with van der Waals surface area (Å²) in [5.41, 5.74) is 0. The van der Waals surface area contributed by atoms with Gasteiger partial charge in [-0.3, -0.25) is 0 Å². The lowest BCUT2D eigenvalue weighted by Crippen LogP contribution is -3.61. The van der Waals surface area contributed by atoms with Crippen LogP contribution in [0.1, 0.15) is 62.8 Å². The minimum Gasteiger partial charge on any atom is -0.707 e. The second kappa shape index (κ2) is 36.0. The highest BCUT2D eigenvalue weighted by Crippen LogP contribution is 2.12. The molecule has 0 aliphatic rings. The third kappa shape index (κ3) is 42.3. The molecule has 8 nitrogen and oxygen atoms in total. The molecular formula is C37H61I2O8S2+. The molecule has 0 aliphatic heterocycles. The van der Waals surface area contributed by atoms with Crippen LogP contribution >= 0.6 is 0 Å². The summed E-state index contributed by atoms with van der Waals surface area (Å²) >= 11 is 0.0574. The Labute approximate surface area is 319 Å². The number of rotatable bonds is 7. The van der Waals surface area contributed by atoms with E-state index in [1.807, 2.05) is 55.4 Å². The van der Waals surface area contributed by atoms with Gasteiger partial charge < -0.3 is 9.59 Å². The maximum absolute atomic E-state index is 10.9. The van der Waals surface area contributed by atoms with Gasteiger partial charge in [0.15, 0.2) is 14.3 Å². The molecule has 0 aliphatic carbocycles. The number of hydrogen-bond acceptors (Lipinski definition) is 8. The van der Waals surface area contributed by atoms with Gasteiger partial charge in [-0.25, -0.2) is 17.9 Å². The summed E-state index contributed by atoms with van der Waals surface area (Å²) in [5, 5.41) is 19.8.